The van der Waals surface area contributed by atoms with Crippen LogP contribution in [0.2, 0.25) is 0 Å². The first-order chi connectivity index (χ1) is 15.8. The molecule has 0 unspecified atom stereocenters. The van der Waals surface area contributed by atoms with Crippen LogP contribution >= 0.6 is 0 Å². The molecule has 1 saturated heterocycles. The van der Waals surface area contributed by atoms with Crippen molar-refractivity contribution in [2.45, 2.75) is 25.7 Å². The summed E-state index contributed by atoms with van der Waals surface area (Å²) in [5.74, 6) is 0.219. The van der Waals surface area contributed by atoms with Crippen molar-refractivity contribution in [1.29, 1.82) is 0 Å². The second-order valence-corrected chi connectivity index (χ2v) is 9.76. The Balaban J connectivity index is 1.44. The molecule has 1 fully saturated rings. The van der Waals surface area contributed by atoms with E-state index in [2.05, 4.69) is 15.4 Å². The molecule has 0 bridgehead atoms. The summed E-state index contributed by atoms with van der Waals surface area (Å²) < 4.78 is 31.5. The standard InChI is InChI=1S/C22H31N5O5S/c1-4-27(5-2)33(30,31)19-8-6-18(7-9-19)21(28)23-10-11-25-12-14-26(15-13-25)22(29)20-16-17(3)32-24-20/h6-9,16H,4-5,10-15H2,1-3H3,(H,23,28). The molecular weight excluding hydrogens is 446 g/mol. The van der Waals surface area contributed by atoms with Crippen molar-refractivity contribution in [2.24, 2.45) is 0 Å². The van der Waals surface area contributed by atoms with Gasteiger partial charge < -0.3 is 14.7 Å². The number of aryl methyl sites for hydroxylation is 1. The summed E-state index contributed by atoms with van der Waals surface area (Å²) in [6.45, 7) is 9.80. The zero-order valence-corrected chi connectivity index (χ0v) is 20.1. The van der Waals surface area contributed by atoms with Crippen LogP contribution in [0.1, 0.15) is 40.5 Å². The fraction of sp³-hybridized carbons (Fsp3) is 0.500. The van der Waals surface area contributed by atoms with Crippen molar-refractivity contribution < 1.29 is 22.5 Å². The van der Waals surface area contributed by atoms with E-state index in [1.165, 1.54) is 28.6 Å². The zero-order valence-electron chi connectivity index (χ0n) is 19.3. The number of nitrogens with one attached hydrogen (secondary N) is 1. The van der Waals surface area contributed by atoms with Crippen molar-refractivity contribution in [3.8, 4) is 0 Å². The van der Waals surface area contributed by atoms with Gasteiger partial charge in [-0.25, -0.2) is 8.42 Å². The molecular formula is C22H31N5O5S. The number of rotatable bonds is 9. The lowest BCUT2D eigenvalue weighted by Gasteiger charge is -2.34. The fourth-order valence-corrected chi connectivity index (χ4v) is 5.18. The van der Waals surface area contributed by atoms with E-state index in [9.17, 15) is 18.0 Å². The molecule has 2 heterocycles. The van der Waals surface area contributed by atoms with Gasteiger partial charge in [0, 0.05) is 64.0 Å². The Morgan fingerprint density at radius 3 is 2.27 bits per heavy atom. The third kappa shape index (κ3) is 5.98. The van der Waals surface area contributed by atoms with E-state index in [0.717, 1.165) is 0 Å². The molecule has 0 radical (unpaired) electrons. The molecule has 10 nitrogen and oxygen atoms in total. The molecule has 0 aliphatic carbocycles. The van der Waals surface area contributed by atoms with Gasteiger partial charge in [0.2, 0.25) is 10.0 Å². The molecule has 180 valence electrons. The summed E-state index contributed by atoms with van der Waals surface area (Å²) in [5, 5.41) is 6.65. The second-order valence-electron chi connectivity index (χ2n) is 7.83. The molecule has 0 spiro atoms. The molecule has 11 heteroatoms. The largest absolute Gasteiger partial charge is 0.361 e. The third-order valence-corrected chi connectivity index (χ3v) is 7.74. The van der Waals surface area contributed by atoms with Crippen molar-refractivity contribution in [3.63, 3.8) is 0 Å². The lowest BCUT2D eigenvalue weighted by atomic mass is 10.2. The number of hydrogen-bond donors (Lipinski definition) is 1. The number of sulfonamides is 1. The van der Waals surface area contributed by atoms with Gasteiger partial charge in [-0.15, -0.1) is 0 Å². The highest BCUT2D eigenvalue weighted by Gasteiger charge is 2.24. The topological polar surface area (TPSA) is 116 Å². The quantitative estimate of drug-likeness (QED) is 0.577. The number of aromatic nitrogens is 1. The first-order valence-electron chi connectivity index (χ1n) is 11.1. The van der Waals surface area contributed by atoms with Gasteiger partial charge >= 0.3 is 0 Å². The molecule has 1 aliphatic rings. The number of carbonyl (C=O) groups is 2. The number of piperazine rings is 1. The molecule has 1 aliphatic heterocycles. The minimum atomic E-state index is -3.54. The Kier molecular flexibility index (Phi) is 8.22. The predicted molar refractivity (Wildman–Crippen MR) is 122 cm³/mol. The van der Waals surface area contributed by atoms with Gasteiger partial charge in [-0.1, -0.05) is 19.0 Å². The highest BCUT2D eigenvalue weighted by molar-refractivity contribution is 7.89. The van der Waals surface area contributed by atoms with Crippen molar-refractivity contribution in [1.82, 2.24) is 24.6 Å². The molecule has 2 amide bonds. The van der Waals surface area contributed by atoms with Crippen molar-refractivity contribution in [2.75, 3.05) is 52.4 Å². The van der Waals surface area contributed by atoms with E-state index in [1.807, 2.05) is 0 Å². The predicted octanol–water partition coefficient (Wildman–Crippen LogP) is 1.20. The molecule has 3 rings (SSSR count). The van der Waals surface area contributed by atoms with Crippen LogP contribution in [0.25, 0.3) is 0 Å². The second kappa shape index (κ2) is 10.9. The summed E-state index contributed by atoms with van der Waals surface area (Å²) in [6.07, 6.45) is 0. The maximum absolute atomic E-state index is 12.6. The summed E-state index contributed by atoms with van der Waals surface area (Å²) in [5.41, 5.74) is 0.732. The average Bonchev–Trinajstić information content (AvgIpc) is 3.26. The molecule has 2 aromatic rings. The van der Waals surface area contributed by atoms with Gasteiger partial charge in [-0.3, -0.25) is 14.5 Å². The van der Waals surface area contributed by atoms with E-state index in [1.54, 1.807) is 31.7 Å². The zero-order chi connectivity index (χ0) is 24.0. The smallest absolute Gasteiger partial charge is 0.276 e. The van der Waals surface area contributed by atoms with E-state index in [0.29, 0.717) is 69.4 Å². The summed E-state index contributed by atoms with van der Waals surface area (Å²) in [6, 6.07) is 7.63. The normalized spacial score (nSPS) is 15.1. The summed E-state index contributed by atoms with van der Waals surface area (Å²) in [7, 11) is -3.54. The van der Waals surface area contributed by atoms with Crippen LogP contribution in [-0.2, 0) is 10.0 Å². The molecule has 33 heavy (non-hydrogen) atoms. The van der Waals surface area contributed by atoms with E-state index < -0.39 is 10.0 Å². The van der Waals surface area contributed by atoms with E-state index >= 15 is 0 Å². The van der Waals surface area contributed by atoms with Crippen LogP contribution in [-0.4, -0.2) is 91.9 Å². The van der Waals surface area contributed by atoms with Crippen LogP contribution in [0.5, 0.6) is 0 Å². The number of carbonyl (C=O) groups excluding carboxylic acids is 2. The van der Waals surface area contributed by atoms with Crippen LogP contribution in [0, 0.1) is 6.92 Å². The van der Waals surface area contributed by atoms with Crippen molar-refractivity contribution in [3.05, 3.63) is 47.3 Å². The Morgan fingerprint density at radius 2 is 1.73 bits per heavy atom. The Bertz CT molecular complexity index is 1060. The van der Waals surface area contributed by atoms with Gasteiger partial charge in [0.05, 0.1) is 4.90 Å². The highest BCUT2D eigenvalue weighted by Crippen LogP contribution is 2.16. The van der Waals surface area contributed by atoms with Gasteiger partial charge in [-0.05, 0) is 31.2 Å². The Morgan fingerprint density at radius 1 is 1.09 bits per heavy atom. The molecule has 0 atom stereocenters. The maximum atomic E-state index is 12.6. The number of benzene rings is 1. The first-order valence-corrected chi connectivity index (χ1v) is 12.5. The van der Waals surface area contributed by atoms with Gasteiger partial charge in [-0.2, -0.15) is 4.31 Å². The van der Waals surface area contributed by atoms with Crippen LogP contribution < -0.4 is 5.32 Å². The highest BCUT2D eigenvalue weighted by atomic mass is 32.2. The van der Waals surface area contributed by atoms with E-state index in [-0.39, 0.29) is 16.7 Å². The van der Waals surface area contributed by atoms with Gasteiger partial charge in [0.1, 0.15) is 5.76 Å². The molecule has 1 aromatic heterocycles. The number of amides is 2. The monoisotopic (exact) mass is 477 g/mol. The molecule has 1 N–H and O–H groups in total. The van der Waals surface area contributed by atoms with Crippen LogP contribution in [0.4, 0.5) is 0 Å². The average molecular weight is 478 g/mol. The van der Waals surface area contributed by atoms with Crippen LogP contribution in [0.15, 0.2) is 39.8 Å². The first kappa shape index (κ1) is 24.9. The lowest BCUT2D eigenvalue weighted by molar-refractivity contribution is 0.0628. The Hall–Kier alpha value is -2.76. The molecule has 0 saturated carbocycles. The van der Waals surface area contributed by atoms with Crippen LogP contribution in [0.3, 0.4) is 0 Å². The van der Waals surface area contributed by atoms with Crippen molar-refractivity contribution >= 4 is 21.8 Å². The van der Waals surface area contributed by atoms with Gasteiger partial charge in [0.15, 0.2) is 5.69 Å². The SMILES string of the molecule is CCN(CC)S(=O)(=O)c1ccc(C(=O)NCCN2CCN(C(=O)c3cc(C)on3)CC2)cc1. The third-order valence-electron chi connectivity index (χ3n) is 5.68. The summed E-state index contributed by atoms with van der Waals surface area (Å²) >= 11 is 0. The lowest BCUT2D eigenvalue weighted by Crippen LogP contribution is -2.50. The fourth-order valence-electron chi connectivity index (χ4n) is 3.72. The Labute approximate surface area is 194 Å². The minimum absolute atomic E-state index is 0.133. The summed E-state index contributed by atoms with van der Waals surface area (Å²) in [4.78, 5) is 29.0. The van der Waals surface area contributed by atoms with E-state index in [4.69, 9.17) is 4.52 Å². The number of hydrogen-bond acceptors (Lipinski definition) is 7. The van der Waals surface area contributed by atoms with Gasteiger partial charge in [0.25, 0.3) is 11.8 Å². The maximum Gasteiger partial charge on any atom is 0.276 e. The minimum Gasteiger partial charge on any atom is -0.361 e. The molecule has 1 aromatic carbocycles. The number of nitrogens with zero attached hydrogens (tertiary/aromatic N) is 4.